The molecule has 2 heterocycles. The number of imidazole rings is 1. The van der Waals surface area contributed by atoms with Crippen molar-refractivity contribution in [2.24, 2.45) is 0 Å². The molecule has 0 amide bonds. The standard InChI is InChI=1S/C15H11F3N2/c1-10-13(11-6-3-2-4-7-11)19-14-12(15(16,17)18)8-5-9-20(10)14/h2-9H,1H3. The minimum absolute atomic E-state index is 0.0589. The summed E-state index contributed by atoms with van der Waals surface area (Å²) in [4.78, 5) is 4.19. The van der Waals surface area contributed by atoms with Gasteiger partial charge in [-0.05, 0) is 19.1 Å². The fourth-order valence-electron chi connectivity index (χ4n) is 2.28. The Hall–Kier alpha value is -2.30. The highest BCUT2D eigenvalue weighted by Crippen LogP contribution is 2.34. The van der Waals surface area contributed by atoms with Crippen LogP contribution in [-0.4, -0.2) is 9.38 Å². The number of rotatable bonds is 1. The quantitative estimate of drug-likeness (QED) is 0.646. The topological polar surface area (TPSA) is 17.3 Å². The SMILES string of the molecule is Cc1c(-c2ccccc2)nc2c(C(F)(F)F)cccn12. The lowest BCUT2D eigenvalue weighted by Gasteiger charge is -2.07. The molecule has 3 rings (SSSR count). The first-order valence-corrected chi connectivity index (χ1v) is 6.09. The van der Waals surface area contributed by atoms with Crippen LogP contribution in [0.5, 0.6) is 0 Å². The molecule has 0 aliphatic carbocycles. The molecule has 0 saturated heterocycles. The highest BCUT2D eigenvalue weighted by molar-refractivity contribution is 5.68. The van der Waals surface area contributed by atoms with Gasteiger partial charge in [-0.1, -0.05) is 30.3 Å². The number of fused-ring (bicyclic) bond motifs is 1. The lowest BCUT2D eigenvalue weighted by atomic mass is 10.1. The van der Waals surface area contributed by atoms with Gasteiger partial charge in [0.1, 0.15) is 5.65 Å². The zero-order chi connectivity index (χ0) is 14.3. The van der Waals surface area contributed by atoms with Crippen molar-refractivity contribution in [2.75, 3.05) is 0 Å². The number of hydrogen-bond donors (Lipinski definition) is 0. The highest BCUT2D eigenvalue weighted by Gasteiger charge is 2.34. The second-order valence-electron chi connectivity index (χ2n) is 4.53. The van der Waals surface area contributed by atoms with E-state index in [0.29, 0.717) is 11.4 Å². The number of halogens is 3. The molecule has 5 heteroatoms. The molecule has 20 heavy (non-hydrogen) atoms. The normalized spacial score (nSPS) is 12.0. The van der Waals surface area contributed by atoms with Crippen LogP contribution in [0.1, 0.15) is 11.3 Å². The maximum Gasteiger partial charge on any atom is 0.419 e. The molecule has 0 N–H and O–H groups in total. The van der Waals surface area contributed by atoms with Crippen molar-refractivity contribution in [2.45, 2.75) is 13.1 Å². The fraction of sp³-hybridized carbons (Fsp3) is 0.133. The van der Waals surface area contributed by atoms with E-state index in [1.807, 2.05) is 30.3 Å². The lowest BCUT2D eigenvalue weighted by molar-refractivity contribution is -0.136. The predicted octanol–water partition coefficient (Wildman–Crippen LogP) is 4.33. The molecular formula is C15H11F3N2. The van der Waals surface area contributed by atoms with Gasteiger partial charge in [0.05, 0.1) is 11.3 Å². The molecule has 3 aromatic rings. The van der Waals surface area contributed by atoms with E-state index in [1.54, 1.807) is 13.1 Å². The zero-order valence-corrected chi connectivity index (χ0v) is 10.6. The van der Waals surface area contributed by atoms with Crippen LogP contribution in [-0.2, 0) is 6.18 Å². The molecule has 0 atom stereocenters. The molecule has 0 aliphatic heterocycles. The van der Waals surface area contributed by atoms with Crippen molar-refractivity contribution in [3.8, 4) is 11.3 Å². The van der Waals surface area contributed by atoms with Crippen molar-refractivity contribution in [1.82, 2.24) is 9.38 Å². The number of pyridine rings is 1. The van der Waals surface area contributed by atoms with E-state index >= 15 is 0 Å². The molecule has 2 nitrogen and oxygen atoms in total. The van der Waals surface area contributed by atoms with E-state index in [0.717, 1.165) is 11.6 Å². The van der Waals surface area contributed by atoms with Crippen LogP contribution >= 0.6 is 0 Å². The second kappa shape index (κ2) is 4.37. The van der Waals surface area contributed by atoms with Crippen LogP contribution in [0.4, 0.5) is 13.2 Å². The highest BCUT2D eigenvalue weighted by atomic mass is 19.4. The summed E-state index contributed by atoms with van der Waals surface area (Å²) in [5, 5.41) is 0. The van der Waals surface area contributed by atoms with Crippen LogP contribution < -0.4 is 0 Å². The number of alkyl halides is 3. The van der Waals surface area contributed by atoms with Gasteiger partial charge in [0.25, 0.3) is 0 Å². The Morgan fingerprint density at radius 1 is 1.00 bits per heavy atom. The third kappa shape index (κ3) is 1.95. The smallest absolute Gasteiger partial charge is 0.303 e. The van der Waals surface area contributed by atoms with E-state index in [2.05, 4.69) is 4.98 Å². The number of benzene rings is 1. The zero-order valence-electron chi connectivity index (χ0n) is 10.6. The Kier molecular flexibility index (Phi) is 2.78. The number of aryl methyl sites for hydroxylation is 1. The first-order valence-electron chi connectivity index (χ1n) is 6.09. The number of aromatic nitrogens is 2. The van der Waals surface area contributed by atoms with Gasteiger partial charge in [0, 0.05) is 17.5 Å². The average Bonchev–Trinajstić information content (AvgIpc) is 2.76. The molecule has 0 spiro atoms. The number of hydrogen-bond acceptors (Lipinski definition) is 1. The summed E-state index contributed by atoms with van der Waals surface area (Å²) in [5.41, 5.74) is 1.29. The third-order valence-corrected chi connectivity index (χ3v) is 3.24. The minimum Gasteiger partial charge on any atom is -0.303 e. The Balaban J connectivity index is 2.31. The molecule has 0 bridgehead atoms. The summed E-state index contributed by atoms with van der Waals surface area (Å²) in [5.74, 6) is 0. The Bertz CT molecular complexity index is 758. The molecule has 102 valence electrons. The van der Waals surface area contributed by atoms with Gasteiger partial charge in [-0.25, -0.2) is 4.98 Å². The minimum atomic E-state index is -4.41. The Labute approximate surface area is 113 Å². The first kappa shape index (κ1) is 12.7. The van der Waals surface area contributed by atoms with Gasteiger partial charge in [0.2, 0.25) is 0 Å². The first-order chi connectivity index (χ1) is 9.48. The van der Waals surface area contributed by atoms with Gasteiger partial charge >= 0.3 is 6.18 Å². The van der Waals surface area contributed by atoms with E-state index in [4.69, 9.17) is 0 Å². The summed E-state index contributed by atoms with van der Waals surface area (Å²) in [6.07, 6.45) is -2.81. The molecule has 0 unspecified atom stereocenters. The monoisotopic (exact) mass is 276 g/mol. The van der Waals surface area contributed by atoms with E-state index in [1.165, 1.54) is 10.5 Å². The van der Waals surface area contributed by atoms with Crippen LogP contribution in [0.25, 0.3) is 16.9 Å². The molecular weight excluding hydrogens is 265 g/mol. The largest absolute Gasteiger partial charge is 0.419 e. The summed E-state index contributed by atoms with van der Waals surface area (Å²) in [7, 11) is 0. The molecule has 0 fully saturated rings. The second-order valence-corrected chi connectivity index (χ2v) is 4.53. The van der Waals surface area contributed by atoms with Gasteiger partial charge in [-0.15, -0.1) is 0 Å². The molecule has 2 aromatic heterocycles. The lowest BCUT2D eigenvalue weighted by Crippen LogP contribution is -2.07. The summed E-state index contributed by atoms with van der Waals surface area (Å²) >= 11 is 0. The molecule has 0 aliphatic rings. The predicted molar refractivity (Wildman–Crippen MR) is 70.4 cm³/mol. The summed E-state index contributed by atoms with van der Waals surface area (Å²) in [6.45, 7) is 1.77. The van der Waals surface area contributed by atoms with Crippen molar-refractivity contribution < 1.29 is 13.2 Å². The van der Waals surface area contributed by atoms with Gasteiger partial charge < -0.3 is 4.40 Å². The number of nitrogens with zero attached hydrogens (tertiary/aromatic N) is 2. The third-order valence-electron chi connectivity index (χ3n) is 3.24. The van der Waals surface area contributed by atoms with Crippen molar-refractivity contribution in [3.63, 3.8) is 0 Å². The van der Waals surface area contributed by atoms with Crippen LogP contribution in [0, 0.1) is 6.92 Å². The van der Waals surface area contributed by atoms with Gasteiger partial charge in [-0.2, -0.15) is 13.2 Å². The summed E-state index contributed by atoms with van der Waals surface area (Å²) < 4.78 is 40.5. The van der Waals surface area contributed by atoms with Crippen LogP contribution in [0.2, 0.25) is 0 Å². The van der Waals surface area contributed by atoms with Crippen molar-refractivity contribution in [3.05, 3.63) is 59.9 Å². The van der Waals surface area contributed by atoms with E-state index in [-0.39, 0.29) is 5.65 Å². The van der Waals surface area contributed by atoms with E-state index in [9.17, 15) is 13.2 Å². The average molecular weight is 276 g/mol. The fourth-order valence-corrected chi connectivity index (χ4v) is 2.28. The Morgan fingerprint density at radius 2 is 1.70 bits per heavy atom. The molecule has 0 radical (unpaired) electrons. The maximum absolute atomic E-state index is 13.0. The van der Waals surface area contributed by atoms with E-state index < -0.39 is 11.7 Å². The van der Waals surface area contributed by atoms with Crippen molar-refractivity contribution in [1.29, 1.82) is 0 Å². The van der Waals surface area contributed by atoms with Gasteiger partial charge in [0.15, 0.2) is 0 Å². The Morgan fingerprint density at radius 3 is 2.35 bits per heavy atom. The van der Waals surface area contributed by atoms with Crippen molar-refractivity contribution >= 4 is 5.65 Å². The van der Waals surface area contributed by atoms with Gasteiger partial charge in [-0.3, -0.25) is 0 Å². The van der Waals surface area contributed by atoms with Crippen LogP contribution in [0.15, 0.2) is 48.7 Å². The molecule has 0 saturated carbocycles. The molecule has 1 aromatic carbocycles. The maximum atomic E-state index is 13.0. The summed E-state index contributed by atoms with van der Waals surface area (Å²) in [6, 6.07) is 11.6. The van der Waals surface area contributed by atoms with Crippen LogP contribution in [0.3, 0.4) is 0 Å².